The lowest BCUT2D eigenvalue weighted by Gasteiger charge is -2.24. The third kappa shape index (κ3) is 4.10. The fourth-order valence-corrected chi connectivity index (χ4v) is 2.34. The topological polar surface area (TPSA) is 84.2 Å². The van der Waals surface area contributed by atoms with Gasteiger partial charge in [-0.2, -0.15) is 0 Å². The van der Waals surface area contributed by atoms with E-state index in [1.807, 2.05) is 0 Å². The van der Waals surface area contributed by atoms with Crippen LogP contribution < -0.4 is 16.4 Å². The molecule has 2 aromatic rings. The number of benzene rings is 2. The third-order valence-electron chi connectivity index (χ3n) is 3.79. The molecule has 0 aliphatic rings. The fraction of sp³-hybridized carbons (Fsp3) is 0.222. The van der Waals surface area contributed by atoms with E-state index in [2.05, 4.69) is 10.6 Å². The summed E-state index contributed by atoms with van der Waals surface area (Å²) in [5.41, 5.74) is 5.82. The smallest absolute Gasteiger partial charge is 0.316 e. The van der Waals surface area contributed by atoms with Gasteiger partial charge in [-0.25, -0.2) is 9.18 Å². The Hall–Kier alpha value is -2.89. The first-order chi connectivity index (χ1) is 11.3. The van der Waals surface area contributed by atoms with E-state index in [1.165, 1.54) is 6.07 Å². The van der Waals surface area contributed by atoms with Crippen LogP contribution in [0.5, 0.6) is 0 Å². The van der Waals surface area contributed by atoms with Crippen LogP contribution in [0.15, 0.2) is 48.5 Å². The lowest BCUT2D eigenvalue weighted by atomic mass is 9.83. The molecule has 0 atom stereocenters. The first kappa shape index (κ1) is 17.5. The molecule has 2 aromatic carbocycles. The van der Waals surface area contributed by atoms with Gasteiger partial charge in [-0.15, -0.1) is 0 Å². The molecule has 0 bridgehead atoms. The molecule has 126 valence electrons. The predicted molar refractivity (Wildman–Crippen MR) is 90.9 cm³/mol. The predicted octanol–water partition coefficient (Wildman–Crippen LogP) is 2.91. The SMILES string of the molecule is CC(C)(C(=O)NCc1ccc(NC(N)=O)cc1)c1ccccc1F. The number of urea groups is 1. The summed E-state index contributed by atoms with van der Waals surface area (Å²) < 4.78 is 13.9. The van der Waals surface area contributed by atoms with Crippen molar-refractivity contribution in [2.24, 2.45) is 5.73 Å². The molecule has 2 rings (SSSR count). The van der Waals surface area contributed by atoms with Gasteiger partial charge in [0.15, 0.2) is 0 Å². The average Bonchev–Trinajstić information content (AvgIpc) is 2.53. The molecule has 3 amide bonds. The summed E-state index contributed by atoms with van der Waals surface area (Å²) in [4.78, 5) is 23.2. The van der Waals surface area contributed by atoms with Crippen LogP contribution in [0.2, 0.25) is 0 Å². The van der Waals surface area contributed by atoms with Gasteiger partial charge in [-0.1, -0.05) is 30.3 Å². The molecule has 4 N–H and O–H groups in total. The molecular formula is C18H20FN3O2. The Morgan fingerprint density at radius 1 is 1.08 bits per heavy atom. The zero-order valence-corrected chi connectivity index (χ0v) is 13.6. The van der Waals surface area contributed by atoms with Gasteiger partial charge in [0, 0.05) is 17.8 Å². The number of nitrogens with one attached hydrogen (secondary N) is 2. The number of nitrogens with two attached hydrogens (primary N) is 1. The van der Waals surface area contributed by atoms with E-state index in [9.17, 15) is 14.0 Å². The van der Waals surface area contributed by atoms with Crippen LogP contribution >= 0.6 is 0 Å². The van der Waals surface area contributed by atoms with Crippen molar-refractivity contribution in [2.45, 2.75) is 25.8 Å². The molecule has 0 aromatic heterocycles. The van der Waals surface area contributed by atoms with Gasteiger partial charge in [0.2, 0.25) is 5.91 Å². The Kier molecular flexibility index (Phi) is 5.18. The van der Waals surface area contributed by atoms with Gasteiger partial charge in [-0.05, 0) is 37.6 Å². The summed E-state index contributed by atoms with van der Waals surface area (Å²) >= 11 is 0. The highest BCUT2D eigenvalue weighted by atomic mass is 19.1. The highest BCUT2D eigenvalue weighted by molar-refractivity contribution is 5.88. The second-order valence-corrected chi connectivity index (χ2v) is 5.97. The molecule has 6 heteroatoms. The molecule has 24 heavy (non-hydrogen) atoms. The normalized spacial score (nSPS) is 11.0. The van der Waals surface area contributed by atoms with Crippen molar-refractivity contribution in [2.75, 3.05) is 5.32 Å². The molecule has 0 radical (unpaired) electrons. The first-order valence-electron chi connectivity index (χ1n) is 7.49. The van der Waals surface area contributed by atoms with Crippen LogP contribution in [0, 0.1) is 5.82 Å². The minimum absolute atomic E-state index is 0.271. The lowest BCUT2D eigenvalue weighted by molar-refractivity contribution is -0.125. The minimum atomic E-state index is -0.987. The van der Waals surface area contributed by atoms with E-state index >= 15 is 0 Å². The molecule has 0 aliphatic carbocycles. The second-order valence-electron chi connectivity index (χ2n) is 5.97. The Balaban J connectivity index is 2.02. The summed E-state index contributed by atoms with van der Waals surface area (Å²) in [6.07, 6.45) is 0. The molecule has 0 fully saturated rings. The number of primary amides is 1. The Morgan fingerprint density at radius 2 is 1.71 bits per heavy atom. The third-order valence-corrected chi connectivity index (χ3v) is 3.79. The van der Waals surface area contributed by atoms with E-state index in [-0.39, 0.29) is 5.91 Å². The van der Waals surface area contributed by atoms with Crippen LogP contribution in [0.3, 0.4) is 0 Å². The maximum absolute atomic E-state index is 13.9. The Labute approximate surface area is 140 Å². The van der Waals surface area contributed by atoms with Crippen LogP contribution in [0.1, 0.15) is 25.0 Å². The molecule has 0 heterocycles. The summed E-state index contributed by atoms with van der Waals surface area (Å²) in [6.45, 7) is 3.66. The Bertz CT molecular complexity index is 742. The van der Waals surface area contributed by atoms with Crippen LogP contribution in [0.4, 0.5) is 14.9 Å². The van der Waals surface area contributed by atoms with E-state index in [0.717, 1.165) is 5.56 Å². The minimum Gasteiger partial charge on any atom is -0.351 e. The summed E-state index contributed by atoms with van der Waals surface area (Å²) in [5.74, 6) is -0.675. The van der Waals surface area contributed by atoms with Crippen molar-refractivity contribution < 1.29 is 14.0 Å². The van der Waals surface area contributed by atoms with E-state index in [4.69, 9.17) is 5.73 Å². The highest BCUT2D eigenvalue weighted by Crippen LogP contribution is 2.26. The molecule has 0 saturated carbocycles. The number of hydrogen-bond acceptors (Lipinski definition) is 2. The fourth-order valence-electron chi connectivity index (χ4n) is 2.34. The van der Waals surface area contributed by atoms with E-state index < -0.39 is 17.3 Å². The number of anilines is 1. The van der Waals surface area contributed by atoms with Gasteiger partial charge in [-0.3, -0.25) is 4.79 Å². The number of halogens is 1. The van der Waals surface area contributed by atoms with Crippen molar-refractivity contribution in [1.82, 2.24) is 5.32 Å². The van der Waals surface area contributed by atoms with Crippen LogP contribution in [-0.2, 0) is 16.8 Å². The number of carbonyl (C=O) groups is 2. The van der Waals surface area contributed by atoms with Gasteiger partial charge >= 0.3 is 6.03 Å². The molecule has 0 spiro atoms. The largest absolute Gasteiger partial charge is 0.351 e. The highest BCUT2D eigenvalue weighted by Gasteiger charge is 2.31. The molecule has 0 unspecified atom stereocenters. The van der Waals surface area contributed by atoms with Crippen LogP contribution in [0.25, 0.3) is 0 Å². The van der Waals surface area contributed by atoms with E-state index in [0.29, 0.717) is 17.8 Å². The number of carbonyl (C=O) groups excluding carboxylic acids is 2. The summed E-state index contributed by atoms with van der Waals surface area (Å²) in [6, 6.07) is 12.5. The first-order valence-corrected chi connectivity index (χ1v) is 7.49. The van der Waals surface area contributed by atoms with Crippen molar-refractivity contribution in [3.8, 4) is 0 Å². The zero-order valence-electron chi connectivity index (χ0n) is 13.6. The molecular weight excluding hydrogens is 309 g/mol. The van der Waals surface area contributed by atoms with Gasteiger partial charge in [0.05, 0.1) is 5.41 Å². The number of hydrogen-bond donors (Lipinski definition) is 3. The molecule has 0 saturated heterocycles. The lowest BCUT2D eigenvalue weighted by Crippen LogP contribution is -2.40. The van der Waals surface area contributed by atoms with Crippen molar-refractivity contribution in [1.29, 1.82) is 0 Å². The average molecular weight is 329 g/mol. The molecule has 5 nitrogen and oxygen atoms in total. The Morgan fingerprint density at radius 3 is 2.29 bits per heavy atom. The van der Waals surface area contributed by atoms with Gasteiger partial charge < -0.3 is 16.4 Å². The molecule has 0 aliphatic heterocycles. The summed E-state index contributed by atoms with van der Waals surface area (Å²) in [7, 11) is 0. The number of rotatable bonds is 5. The zero-order chi connectivity index (χ0) is 17.7. The quantitative estimate of drug-likeness (QED) is 0.788. The van der Waals surface area contributed by atoms with Gasteiger partial charge in [0.1, 0.15) is 5.82 Å². The van der Waals surface area contributed by atoms with Crippen LogP contribution in [-0.4, -0.2) is 11.9 Å². The standard InChI is InChI=1S/C18H20FN3O2/c1-18(2,14-5-3-4-6-15(14)19)16(23)21-11-12-7-9-13(10-8-12)22-17(20)24/h3-10H,11H2,1-2H3,(H,21,23)(H3,20,22,24). The van der Waals surface area contributed by atoms with Gasteiger partial charge in [0.25, 0.3) is 0 Å². The monoisotopic (exact) mass is 329 g/mol. The van der Waals surface area contributed by atoms with Crippen molar-refractivity contribution in [3.63, 3.8) is 0 Å². The second kappa shape index (κ2) is 7.12. The maximum Gasteiger partial charge on any atom is 0.316 e. The maximum atomic E-state index is 13.9. The number of amides is 3. The van der Waals surface area contributed by atoms with E-state index in [1.54, 1.807) is 56.3 Å². The van der Waals surface area contributed by atoms with Crippen molar-refractivity contribution >= 4 is 17.6 Å². The summed E-state index contributed by atoms with van der Waals surface area (Å²) in [5, 5.41) is 5.27. The van der Waals surface area contributed by atoms with Crippen molar-refractivity contribution in [3.05, 3.63) is 65.5 Å².